The molecule has 0 radical (unpaired) electrons. The van der Waals surface area contributed by atoms with Crippen molar-refractivity contribution >= 4 is 24.2 Å². The highest BCUT2D eigenvalue weighted by Gasteiger charge is 2.28. The average Bonchev–Trinajstić information content (AvgIpc) is 2.92. The first kappa shape index (κ1) is 16.5. The highest BCUT2D eigenvalue weighted by atomic mass is 35.5. The number of halogens is 1. The Hall–Kier alpha value is -1.53. The number of amides is 2. The summed E-state index contributed by atoms with van der Waals surface area (Å²) in [4.78, 5) is 25.9. The summed E-state index contributed by atoms with van der Waals surface area (Å²) in [6.45, 7) is 5.92. The van der Waals surface area contributed by atoms with Crippen LogP contribution in [-0.4, -0.2) is 48.4 Å². The van der Waals surface area contributed by atoms with Crippen LogP contribution in [0, 0.1) is 0 Å². The van der Waals surface area contributed by atoms with E-state index in [2.05, 4.69) is 10.6 Å². The first-order valence-corrected chi connectivity index (χ1v) is 6.45. The summed E-state index contributed by atoms with van der Waals surface area (Å²) < 4.78 is 5.00. The van der Waals surface area contributed by atoms with Crippen LogP contribution in [0.15, 0.2) is 22.8 Å². The fourth-order valence-corrected chi connectivity index (χ4v) is 2.15. The Morgan fingerprint density at radius 1 is 1.55 bits per heavy atom. The van der Waals surface area contributed by atoms with Gasteiger partial charge in [0.05, 0.1) is 6.26 Å². The van der Waals surface area contributed by atoms with Crippen LogP contribution in [-0.2, 0) is 4.79 Å². The molecule has 1 aromatic rings. The van der Waals surface area contributed by atoms with Crippen molar-refractivity contribution in [1.82, 2.24) is 15.5 Å². The predicted molar refractivity (Wildman–Crippen MR) is 76.9 cm³/mol. The zero-order valence-corrected chi connectivity index (χ0v) is 12.4. The SMILES string of the molecule is CC(NC(=O)c1ccco1)C(=O)N1CCNCC1C.Cl. The van der Waals surface area contributed by atoms with Crippen molar-refractivity contribution < 1.29 is 14.0 Å². The van der Waals surface area contributed by atoms with Crippen molar-refractivity contribution in [3.05, 3.63) is 24.2 Å². The van der Waals surface area contributed by atoms with Gasteiger partial charge in [0, 0.05) is 25.7 Å². The third-order valence-corrected chi connectivity index (χ3v) is 3.25. The number of nitrogens with zero attached hydrogens (tertiary/aromatic N) is 1. The summed E-state index contributed by atoms with van der Waals surface area (Å²) in [6, 6.07) is 2.79. The first-order chi connectivity index (χ1) is 9.09. The molecule has 1 aliphatic rings. The monoisotopic (exact) mass is 301 g/mol. The van der Waals surface area contributed by atoms with Crippen LogP contribution >= 0.6 is 12.4 Å². The number of furan rings is 1. The van der Waals surface area contributed by atoms with E-state index in [1.165, 1.54) is 6.26 Å². The van der Waals surface area contributed by atoms with Crippen LogP contribution < -0.4 is 10.6 Å². The van der Waals surface area contributed by atoms with Gasteiger partial charge in [-0.25, -0.2) is 0 Å². The van der Waals surface area contributed by atoms with Gasteiger partial charge in [0.1, 0.15) is 6.04 Å². The highest BCUT2D eigenvalue weighted by molar-refractivity contribution is 5.95. The van der Waals surface area contributed by atoms with Crippen molar-refractivity contribution in [2.24, 2.45) is 0 Å². The maximum Gasteiger partial charge on any atom is 0.287 e. The average molecular weight is 302 g/mol. The van der Waals surface area contributed by atoms with Crippen LogP contribution in [0.4, 0.5) is 0 Å². The molecule has 2 N–H and O–H groups in total. The van der Waals surface area contributed by atoms with Gasteiger partial charge in [-0.05, 0) is 26.0 Å². The van der Waals surface area contributed by atoms with Gasteiger partial charge in [-0.15, -0.1) is 12.4 Å². The van der Waals surface area contributed by atoms with Gasteiger partial charge >= 0.3 is 0 Å². The summed E-state index contributed by atoms with van der Waals surface area (Å²) in [6.07, 6.45) is 1.43. The summed E-state index contributed by atoms with van der Waals surface area (Å²) in [5.74, 6) is -0.212. The quantitative estimate of drug-likeness (QED) is 0.859. The molecule has 0 aliphatic carbocycles. The molecular weight excluding hydrogens is 282 g/mol. The number of rotatable bonds is 3. The Bertz CT molecular complexity index is 450. The molecule has 1 fully saturated rings. The Balaban J connectivity index is 0.00000200. The predicted octanol–water partition coefficient (Wildman–Crippen LogP) is 0.640. The zero-order valence-electron chi connectivity index (χ0n) is 11.6. The fourth-order valence-electron chi connectivity index (χ4n) is 2.15. The highest BCUT2D eigenvalue weighted by Crippen LogP contribution is 2.06. The van der Waals surface area contributed by atoms with Crippen LogP contribution in [0.3, 0.4) is 0 Å². The van der Waals surface area contributed by atoms with Crippen LogP contribution in [0.2, 0.25) is 0 Å². The lowest BCUT2D eigenvalue weighted by Gasteiger charge is -2.35. The molecule has 2 unspecified atom stereocenters. The van der Waals surface area contributed by atoms with Gasteiger partial charge in [0.2, 0.25) is 5.91 Å². The van der Waals surface area contributed by atoms with E-state index in [0.29, 0.717) is 6.54 Å². The van der Waals surface area contributed by atoms with E-state index in [9.17, 15) is 9.59 Å². The molecule has 0 saturated carbocycles. The molecule has 2 atom stereocenters. The Morgan fingerprint density at radius 2 is 2.30 bits per heavy atom. The van der Waals surface area contributed by atoms with Gasteiger partial charge in [-0.1, -0.05) is 0 Å². The van der Waals surface area contributed by atoms with E-state index in [4.69, 9.17) is 4.42 Å². The summed E-state index contributed by atoms with van der Waals surface area (Å²) in [5, 5.41) is 5.88. The maximum absolute atomic E-state index is 12.3. The molecule has 1 aromatic heterocycles. The van der Waals surface area contributed by atoms with Gasteiger partial charge in [0.15, 0.2) is 5.76 Å². The standard InChI is InChI=1S/C13H19N3O3.ClH/c1-9-8-14-5-6-16(9)13(18)10(2)15-12(17)11-4-3-7-19-11;/h3-4,7,9-10,14H,5-6,8H2,1-2H3,(H,15,17);1H. The third-order valence-electron chi connectivity index (χ3n) is 3.25. The Kier molecular flexibility index (Phi) is 6.04. The molecule has 2 amide bonds. The summed E-state index contributed by atoms with van der Waals surface area (Å²) in [7, 11) is 0. The summed E-state index contributed by atoms with van der Waals surface area (Å²) >= 11 is 0. The van der Waals surface area contributed by atoms with E-state index >= 15 is 0 Å². The van der Waals surface area contributed by atoms with Crippen LogP contribution in [0.25, 0.3) is 0 Å². The van der Waals surface area contributed by atoms with E-state index in [-0.39, 0.29) is 36.0 Å². The van der Waals surface area contributed by atoms with Gasteiger partial charge in [-0.2, -0.15) is 0 Å². The molecule has 0 aromatic carbocycles. The Labute approximate surface area is 124 Å². The van der Waals surface area contributed by atoms with Crippen molar-refractivity contribution in [3.8, 4) is 0 Å². The lowest BCUT2D eigenvalue weighted by Crippen LogP contribution is -2.57. The second-order valence-corrected chi connectivity index (χ2v) is 4.76. The summed E-state index contributed by atoms with van der Waals surface area (Å²) in [5.41, 5.74) is 0. The molecule has 2 rings (SSSR count). The number of carbonyl (C=O) groups is 2. The molecule has 20 heavy (non-hydrogen) atoms. The molecule has 1 saturated heterocycles. The van der Waals surface area contributed by atoms with Crippen LogP contribution in [0.1, 0.15) is 24.4 Å². The topological polar surface area (TPSA) is 74.6 Å². The second kappa shape index (κ2) is 7.31. The minimum absolute atomic E-state index is 0. The van der Waals surface area contributed by atoms with Crippen molar-refractivity contribution in [3.63, 3.8) is 0 Å². The second-order valence-electron chi connectivity index (χ2n) is 4.76. The Morgan fingerprint density at radius 3 is 2.90 bits per heavy atom. The maximum atomic E-state index is 12.3. The van der Waals surface area contributed by atoms with Gasteiger partial charge in [0.25, 0.3) is 5.91 Å². The molecule has 0 spiro atoms. The lowest BCUT2D eigenvalue weighted by atomic mass is 10.1. The number of nitrogens with one attached hydrogen (secondary N) is 2. The van der Waals surface area contributed by atoms with E-state index in [1.807, 2.05) is 6.92 Å². The number of hydrogen-bond acceptors (Lipinski definition) is 4. The minimum Gasteiger partial charge on any atom is -0.459 e. The normalized spacial score (nSPS) is 19.9. The van der Waals surface area contributed by atoms with Gasteiger partial charge in [-0.3, -0.25) is 9.59 Å². The largest absolute Gasteiger partial charge is 0.459 e. The molecule has 2 heterocycles. The molecule has 6 nitrogen and oxygen atoms in total. The number of piperazine rings is 1. The molecule has 0 bridgehead atoms. The van der Waals surface area contributed by atoms with E-state index in [0.717, 1.165) is 13.1 Å². The molecular formula is C13H20ClN3O3. The van der Waals surface area contributed by atoms with Crippen molar-refractivity contribution in [1.29, 1.82) is 0 Å². The zero-order chi connectivity index (χ0) is 13.8. The molecule has 1 aliphatic heterocycles. The van der Waals surface area contributed by atoms with Crippen LogP contribution in [0.5, 0.6) is 0 Å². The van der Waals surface area contributed by atoms with Gasteiger partial charge < -0.3 is 20.0 Å². The smallest absolute Gasteiger partial charge is 0.287 e. The molecule has 112 valence electrons. The fraction of sp³-hybridized carbons (Fsp3) is 0.538. The number of carbonyl (C=O) groups excluding carboxylic acids is 2. The number of hydrogen-bond donors (Lipinski definition) is 2. The third kappa shape index (κ3) is 3.74. The van der Waals surface area contributed by atoms with Crippen molar-refractivity contribution in [2.45, 2.75) is 25.9 Å². The van der Waals surface area contributed by atoms with Crippen molar-refractivity contribution in [2.75, 3.05) is 19.6 Å². The van der Waals surface area contributed by atoms with E-state index < -0.39 is 6.04 Å². The molecule has 7 heteroatoms. The van der Waals surface area contributed by atoms with E-state index in [1.54, 1.807) is 24.0 Å². The first-order valence-electron chi connectivity index (χ1n) is 6.45. The minimum atomic E-state index is -0.557. The lowest BCUT2D eigenvalue weighted by molar-refractivity contribution is -0.135.